The molecule has 1 aromatic heterocycles. The zero-order chi connectivity index (χ0) is 17.6. The van der Waals surface area contributed by atoms with E-state index >= 15 is 0 Å². The van der Waals surface area contributed by atoms with Gasteiger partial charge in [0, 0.05) is 19.1 Å². The molecule has 7 heteroatoms. The van der Waals surface area contributed by atoms with Crippen molar-refractivity contribution >= 4 is 17.4 Å². The van der Waals surface area contributed by atoms with Crippen molar-refractivity contribution < 1.29 is 9.53 Å². The molecule has 2 heterocycles. The largest absolute Gasteiger partial charge is 0.497 e. The lowest BCUT2D eigenvalue weighted by atomic mass is 10.0. The van der Waals surface area contributed by atoms with Crippen LogP contribution < -0.4 is 10.1 Å². The van der Waals surface area contributed by atoms with Crippen LogP contribution in [-0.2, 0) is 13.0 Å². The number of aryl methyl sites for hydroxylation is 1. The highest BCUT2D eigenvalue weighted by Gasteiger charge is 2.24. The molecular weight excluding hydrogens is 336 g/mol. The predicted molar refractivity (Wildman–Crippen MR) is 98.0 cm³/mol. The average Bonchev–Trinajstić information content (AvgIpc) is 3.11. The van der Waals surface area contributed by atoms with E-state index in [9.17, 15) is 4.79 Å². The number of methoxy groups -OCH3 is 1. The summed E-state index contributed by atoms with van der Waals surface area (Å²) in [4.78, 5) is 15.5. The molecule has 3 rings (SSSR count). The highest BCUT2D eigenvalue weighted by molar-refractivity contribution is 7.08. The zero-order valence-electron chi connectivity index (χ0n) is 14.7. The summed E-state index contributed by atoms with van der Waals surface area (Å²) in [5.74, 6) is 0.837. The third-order valence-electron chi connectivity index (χ3n) is 4.48. The number of hydrogen-bond acceptors (Lipinski definition) is 6. The number of aromatic nitrogens is 2. The van der Waals surface area contributed by atoms with Crippen molar-refractivity contribution in [2.45, 2.75) is 38.8 Å². The number of rotatable bonds is 6. The van der Waals surface area contributed by atoms with Crippen molar-refractivity contribution in [2.75, 3.05) is 20.2 Å². The number of hydrogen-bond donors (Lipinski definition) is 1. The smallest absolute Gasteiger partial charge is 0.265 e. The molecule has 6 nitrogen and oxygen atoms in total. The molecule has 25 heavy (non-hydrogen) atoms. The van der Waals surface area contributed by atoms with E-state index in [0.29, 0.717) is 4.88 Å². The molecule has 1 N–H and O–H groups in total. The Bertz CT molecular complexity index is 719. The number of piperidine rings is 1. The van der Waals surface area contributed by atoms with E-state index in [0.717, 1.165) is 50.3 Å². The Morgan fingerprint density at radius 2 is 2.36 bits per heavy atom. The van der Waals surface area contributed by atoms with Crippen LogP contribution in [0.5, 0.6) is 5.75 Å². The molecule has 1 atom stereocenters. The van der Waals surface area contributed by atoms with Crippen LogP contribution in [0.1, 0.15) is 40.7 Å². The molecule has 1 amide bonds. The van der Waals surface area contributed by atoms with E-state index in [1.54, 1.807) is 7.11 Å². The number of amides is 1. The molecule has 0 saturated carbocycles. The Morgan fingerprint density at radius 1 is 1.48 bits per heavy atom. The van der Waals surface area contributed by atoms with Crippen molar-refractivity contribution in [3.05, 3.63) is 40.4 Å². The number of carbonyl (C=O) groups is 1. The van der Waals surface area contributed by atoms with Gasteiger partial charge in [0.15, 0.2) is 0 Å². The van der Waals surface area contributed by atoms with Gasteiger partial charge in [-0.2, -0.15) is 0 Å². The molecule has 0 bridgehead atoms. The molecule has 0 unspecified atom stereocenters. The topological polar surface area (TPSA) is 67.4 Å². The SMILES string of the molecule is CCc1nnsc1C(=O)N[C@@H]1CCCN(Cc2cccc(OC)c2)C1. The van der Waals surface area contributed by atoms with Crippen LogP contribution in [0.3, 0.4) is 0 Å². The highest BCUT2D eigenvalue weighted by atomic mass is 32.1. The van der Waals surface area contributed by atoms with Gasteiger partial charge < -0.3 is 10.1 Å². The van der Waals surface area contributed by atoms with Crippen LogP contribution in [-0.4, -0.2) is 46.6 Å². The lowest BCUT2D eigenvalue weighted by Crippen LogP contribution is -2.47. The van der Waals surface area contributed by atoms with Crippen molar-refractivity contribution in [2.24, 2.45) is 0 Å². The van der Waals surface area contributed by atoms with Gasteiger partial charge in [-0.3, -0.25) is 9.69 Å². The summed E-state index contributed by atoms with van der Waals surface area (Å²) in [5.41, 5.74) is 2.01. The van der Waals surface area contributed by atoms with Gasteiger partial charge in [-0.25, -0.2) is 0 Å². The second-order valence-electron chi connectivity index (χ2n) is 6.30. The van der Waals surface area contributed by atoms with Crippen molar-refractivity contribution in [1.29, 1.82) is 0 Å². The number of benzene rings is 1. The number of nitrogens with zero attached hydrogens (tertiary/aromatic N) is 3. The van der Waals surface area contributed by atoms with Crippen LogP contribution >= 0.6 is 11.5 Å². The molecule has 1 aliphatic heterocycles. The molecule has 1 aromatic carbocycles. The number of likely N-dealkylation sites (tertiary alicyclic amines) is 1. The second kappa shape index (κ2) is 8.40. The first kappa shape index (κ1) is 17.8. The molecule has 1 saturated heterocycles. The molecule has 2 aromatic rings. The van der Waals surface area contributed by atoms with E-state index < -0.39 is 0 Å². The van der Waals surface area contributed by atoms with E-state index in [1.165, 1.54) is 17.1 Å². The second-order valence-corrected chi connectivity index (χ2v) is 7.06. The summed E-state index contributed by atoms with van der Waals surface area (Å²) >= 11 is 1.18. The third-order valence-corrected chi connectivity index (χ3v) is 5.24. The summed E-state index contributed by atoms with van der Waals surface area (Å²) in [6.07, 6.45) is 2.82. The standard InChI is InChI=1S/C18H24N4O2S/c1-3-16-17(25-21-20-16)18(23)19-14-7-5-9-22(12-14)11-13-6-4-8-15(10-13)24-2/h4,6,8,10,14H,3,5,7,9,11-12H2,1-2H3,(H,19,23)/t14-/m1/s1. The summed E-state index contributed by atoms with van der Waals surface area (Å²) in [6, 6.07) is 8.32. The van der Waals surface area contributed by atoms with Gasteiger partial charge in [0.05, 0.1) is 12.8 Å². The average molecular weight is 360 g/mol. The molecular formula is C18H24N4O2S. The number of ether oxygens (including phenoxy) is 1. The van der Waals surface area contributed by atoms with Gasteiger partial charge in [-0.15, -0.1) is 5.10 Å². The predicted octanol–water partition coefficient (Wildman–Crippen LogP) is 2.50. The summed E-state index contributed by atoms with van der Waals surface area (Å²) < 4.78 is 9.20. The van der Waals surface area contributed by atoms with Crippen LogP contribution in [0.2, 0.25) is 0 Å². The Morgan fingerprint density at radius 3 is 3.16 bits per heavy atom. The maximum absolute atomic E-state index is 12.5. The van der Waals surface area contributed by atoms with Crippen LogP contribution in [0, 0.1) is 0 Å². The summed E-state index contributed by atoms with van der Waals surface area (Å²) in [7, 11) is 1.68. The molecule has 0 radical (unpaired) electrons. The first-order chi connectivity index (χ1) is 12.2. The minimum Gasteiger partial charge on any atom is -0.497 e. The minimum atomic E-state index is -0.0416. The maximum Gasteiger partial charge on any atom is 0.265 e. The fourth-order valence-corrected chi connectivity index (χ4v) is 3.86. The van der Waals surface area contributed by atoms with Crippen LogP contribution in [0.15, 0.2) is 24.3 Å². The lowest BCUT2D eigenvalue weighted by Gasteiger charge is -2.33. The molecule has 0 aliphatic carbocycles. The van der Waals surface area contributed by atoms with E-state index in [-0.39, 0.29) is 11.9 Å². The van der Waals surface area contributed by atoms with E-state index in [1.807, 2.05) is 19.1 Å². The summed E-state index contributed by atoms with van der Waals surface area (Å²) in [6.45, 7) is 4.76. The van der Waals surface area contributed by atoms with E-state index in [2.05, 4.69) is 31.9 Å². The molecule has 134 valence electrons. The fraction of sp³-hybridized carbons (Fsp3) is 0.500. The Balaban J connectivity index is 1.58. The first-order valence-corrected chi connectivity index (χ1v) is 9.44. The Hall–Kier alpha value is -1.99. The van der Waals surface area contributed by atoms with Gasteiger partial charge in [-0.1, -0.05) is 23.5 Å². The number of nitrogens with one attached hydrogen (secondary N) is 1. The van der Waals surface area contributed by atoms with Crippen LogP contribution in [0.25, 0.3) is 0 Å². The lowest BCUT2D eigenvalue weighted by molar-refractivity contribution is 0.0904. The Labute approximate surface area is 152 Å². The molecule has 1 aliphatic rings. The normalized spacial score (nSPS) is 18.1. The quantitative estimate of drug-likeness (QED) is 0.857. The first-order valence-electron chi connectivity index (χ1n) is 8.67. The van der Waals surface area contributed by atoms with Crippen molar-refractivity contribution in [3.8, 4) is 5.75 Å². The fourth-order valence-electron chi connectivity index (χ4n) is 3.21. The van der Waals surface area contributed by atoms with Gasteiger partial charge in [-0.05, 0) is 55.0 Å². The van der Waals surface area contributed by atoms with Crippen LogP contribution in [0.4, 0.5) is 0 Å². The highest BCUT2D eigenvalue weighted by Crippen LogP contribution is 2.18. The van der Waals surface area contributed by atoms with Crippen molar-refractivity contribution in [1.82, 2.24) is 19.8 Å². The molecule has 0 spiro atoms. The van der Waals surface area contributed by atoms with Gasteiger partial charge in [0.1, 0.15) is 10.6 Å². The number of carbonyl (C=O) groups excluding carboxylic acids is 1. The minimum absolute atomic E-state index is 0.0416. The maximum atomic E-state index is 12.5. The Kier molecular flexibility index (Phi) is 5.99. The van der Waals surface area contributed by atoms with Gasteiger partial charge >= 0.3 is 0 Å². The third kappa shape index (κ3) is 4.55. The molecule has 1 fully saturated rings. The monoisotopic (exact) mass is 360 g/mol. The van der Waals surface area contributed by atoms with Gasteiger partial charge in [0.25, 0.3) is 5.91 Å². The van der Waals surface area contributed by atoms with E-state index in [4.69, 9.17) is 4.74 Å². The zero-order valence-corrected chi connectivity index (χ0v) is 15.5. The van der Waals surface area contributed by atoms with Crippen molar-refractivity contribution in [3.63, 3.8) is 0 Å². The summed E-state index contributed by atoms with van der Waals surface area (Å²) in [5, 5.41) is 7.18. The van der Waals surface area contributed by atoms with Gasteiger partial charge in [0.2, 0.25) is 0 Å².